The molecule has 0 spiro atoms. The van der Waals surface area contributed by atoms with Crippen molar-refractivity contribution in [2.45, 2.75) is 38.6 Å². The van der Waals surface area contributed by atoms with Crippen molar-refractivity contribution in [1.82, 2.24) is 19.7 Å². The lowest BCUT2D eigenvalue weighted by atomic mass is 9.95. The molecule has 0 atom stereocenters. The number of halogens is 1. The first kappa shape index (κ1) is 14.3. The highest BCUT2D eigenvalue weighted by Gasteiger charge is 2.26. The Morgan fingerprint density at radius 2 is 2.05 bits per heavy atom. The minimum atomic E-state index is 0.401. The van der Waals surface area contributed by atoms with E-state index in [-0.39, 0.29) is 0 Å². The van der Waals surface area contributed by atoms with Gasteiger partial charge in [0.15, 0.2) is 0 Å². The summed E-state index contributed by atoms with van der Waals surface area (Å²) in [5.74, 6) is 2.47. The maximum Gasteiger partial charge on any atom is 0.147 e. The molecule has 1 fully saturated rings. The van der Waals surface area contributed by atoms with Gasteiger partial charge in [-0.05, 0) is 38.8 Å². The number of anilines is 1. The molecule has 112 valence electrons. The highest BCUT2D eigenvalue weighted by molar-refractivity contribution is 6.32. The Morgan fingerprint density at radius 3 is 2.71 bits per heavy atom. The first-order valence-electron chi connectivity index (χ1n) is 7.41. The van der Waals surface area contributed by atoms with Gasteiger partial charge in [-0.15, -0.1) is 10.2 Å². The molecule has 5 nitrogen and oxygen atoms in total. The van der Waals surface area contributed by atoms with Crippen LogP contribution in [0.1, 0.15) is 44.5 Å². The van der Waals surface area contributed by atoms with Crippen LogP contribution in [0.3, 0.4) is 0 Å². The summed E-state index contributed by atoms with van der Waals surface area (Å²) in [6, 6.07) is 4.16. The number of piperidine rings is 1. The first-order chi connectivity index (χ1) is 10.2. The van der Waals surface area contributed by atoms with Gasteiger partial charge < -0.3 is 9.47 Å². The van der Waals surface area contributed by atoms with E-state index in [4.69, 9.17) is 11.6 Å². The molecule has 0 aromatic carbocycles. The van der Waals surface area contributed by atoms with Crippen LogP contribution < -0.4 is 4.90 Å². The summed E-state index contributed by atoms with van der Waals surface area (Å²) < 4.78 is 2.17. The lowest BCUT2D eigenvalue weighted by molar-refractivity contribution is 0.448. The van der Waals surface area contributed by atoms with Gasteiger partial charge in [-0.25, -0.2) is 4.98 Å². The van der Waals surface area contributed by atoms with Crippen LogP contribution in [0.15, 0.2) is 24.7 Å². The van der Waals surface area contributed by atoms with Gasteiger partial charge in [0.1, 0.15) is 18.0 Å². The molecule has 1 aliphatic heterocycles. The Hall–Kier alpha value is -1.62. The lowest BCUT2D eigenvalue weighted by Gasteiger charge is -2.33. The predicted molar refractivity (Wildman–Crippen MR) is 83.8 cm³/mol. The van der Waals surface area contributed by atoms with Gasteiger partial charge in [0.25, 0.3) is 0 Å². The monoisotopic (exact) mass is 305 g/mol. The number of rotatable bonds is 3. The van der Waals surface area contributed by atoms with Crippen LogP contribution in [0.2, 0.25) is 5.02 Å². The average Bonchev–Trinajstić information content (AvgIpc) is 2.98. The van der Waals surface area contributed by atoms with Crippen molar-refractivity contribution in [3.63, 3.8) is 0 Å². The van der Waals surface area contributed by atoms with Crippen LogP contribution in [0, 0.1) is 0 Å². The Labute approximate surface area is 130 Å². The zero-order chi connectivity index (χ0) is 14.8. The summed E-state index contributed by atoms with van der Waals surface area (Å²) in [6.45, 7) is 6.23. The molecule has 0 saturated carbocycles. The van der Waals surface area contributed by atoms with Crippen molar-refractivity contribution >= 4 is 17.4 Å². The lowest BCUT2D eigenvalue weighted by Crippen LogP contribution is -2.34. The number of hydrogen-bond donors (Lipinski definition) is 0. The second-order valence-electron chi connectivity index (χ2n) is 5.76. The van der Waals surface area contributed by atoms with E-state index < -0.39 is 0 Å². The van der Waals surface area contributed by atoms with E-state index in [0.29, 0.717) is 12.0 Å². The summed E-state index contributed by atoms with van der Waals surface area (Å²) in [5, 5.41) is 9.13. The van der Waals surface area contributed by atoms with Gasteiger partial charge in [-0.2, -0.15) is 0 Å². The second kappa shape index (κ2) is 6.02. The van der Waals surface area contributed by atoms with Gasteiger partial charge >= 0.3 is 0 Å². The van der Waals surface area contributed by atoms with Crippen LogP contribution in [0.25, 0.3) is 0 Å². The van der Waals surface area contributed by atoms with Crippen LogP contribution >= 0.6 is 11.6 Å². The van der Waals surface area contributed by atoms with Crippen molar-refractivity contribution in [3.8, 4) is 0 Å². The summed E-state index contributed by atoms with van der Waals surface area (Å²) in [4.78, 5) is 6.66. The fraction of sp³-hybridized carbons (Fsp3) is 0.533. The summed E-state index contributed by atoms with van der Waals surface area (Å²) >= 11 is 6.23. The fourth-order valence-corrected chi connectivity index (χ4v) is 3.14. The van der Waals surface area contributed by atoms with E-state index in [1.807, 2.05) is 18.5 Å². The highest BCUT2D eigenvalue weighted by atomic mass is 35.5. The maximum absolute atomic E-state index is 6.23. The summed E-state index contributed by atoms with van der Waals surface area (Å²) in [5.41, 5.74) is 0. The van der Waals surface area contributed by atoms with Gasteiger partial charge in [0, 0.05) is 31.2 Å². The highest BCUT2D eigenvalue weighted by Crippen LogP contribution is 2.32. The quantitative estimate of drug-likeness (QED) is 0.873. The van der Waals surface area contributed by atoms with E-state index in [1.54, 1.807) is 6.20 Å². The topological polar surface area (TPSA) is 46.8 Å². The van der Waals surface area contributed by atoms with Gasteiger partial charge in [-0.3, -0.25) is 0 Å². The number of nitrogens with zero attached hydrogens (tertiary/aromatic N) is 5. The molecule has 0 radical (unpaired) electrons. The molecule has 21 heavy (non-hydrogen) atoms. The zero-order valence-electron chi connectivity index (χ0n) is 12.4. The van der Waals surface area contributed by atoms with Gasteiger partial charge in [0.2, 0.25) is 0 Å². The predicted octanol–water partition coefficient (Wildman–Crippen LogP) is 3.29. The molecule has 3 heterocycles. The molecule has 0 amide bonds. The third-order valence-corrected chi connectivity index (χ3v) is 4.35. The number of hydrogen-bond acceptors (Lipinski definition) is 4. The Bertz CT molecular complexity index is 602. The molecule has 0 unspecified atom stereocenters. The average molecular weight is 306 g/mol. The molecule has 2 aromatic rings. The smallest absolute Gasteiger partial charge is 0.147 e. The van der Waals surface area contributed by atoms with Gasteiger partial charge in [-0.1, -0.05) is 11.6 Å². The Balaban J connectivity index is 1.71. The summed E-state index contributed by atoms with van der Waals surface area (Å²) in [6.07, 6.45) is 5.74. The zero-order valence-corrected chi connectivity index (χ0v) is 13.2. The van der Waals surface area contributed by atoms with Crippen LogP contribution in [0.4, 0.5) is 5.82 Å². The fourth-order valence-electron chi connectivity index (χ4n) is 2.90. The molecular formula is C15H20ClN5. The third-order valence-electron chi connectivity index (χ3n) is 4.06. The normalized spacial score (nSPS) is 16.7. The third kappa shape index (κ3) is 2.88. The standard InChI is InChI=1S/C15H20ClN5/c1-11(2)21-10-18-19-14(21)12-5-8-20(9-6-12)15-13(16)4-3-7-17-15/h3-4,7,10-12H,5-6,8-9H2,1-2H3. The molecule has 3 rings (SSSR count). The van der Waals surface area contributed by atoms with Crippen LogP contribution in [-0.2, 0) is 0 Å². The summed E-state index contributed by atoms with van der Waals surface area (Å²) in [7, 11) is 0. The largest absolute Gasteiger partial charge is 0.355 e. The molecule has 6 heteroatoms. The molecular weight excluding hydrogens is 286 g/mol. The molecule has 1 saturated heterocycles. The van der Waals surface area contributed by atoms with E-state index in [0.717, 1.165) is 42.6 Å². The Kier molecular flexibility index (Phi) is 4.10. The Morgan fingerprint density at radius 1 is 1.29 bits per heavy atom. The van der Waals surface area contributed by atoms with Crippen molar-refractivity contribution < 1.29 is 0 Å². The van der Waals surface area contributed by atoms with Gasteiger partial charge in [0.05, 0.1) is 5.02 Å². The molecule has 0 aliphatic carbocycles. The van der Waals surface area contributed by atoms with Crippen molar-refractivity contribution in [1.29, 1.82) is 0 Å². The minimum Gasteiger partial charge on any atom is -0.355 e. The van der Waals surface area contributed by atoms with Crippen LogP contribution in [-0.4, -0.2) is 32.8 Å². The SMILES string of the molecule is CC(C)n1cnnc1C1CCN(c2ncccc2Cl)CC1. The van der Waals surface area contributed by atoms with Crippen LogP contribution in [0.5, 0.6) is 0 Å². The molecule has 1 aliphatic rings. The van der Waals surface area contributed by atoms with Crippen molar-refractivity contribution in [2.75, 3.05) is 18.0 Å². The molecule has 0 N–H and O–H groups in total. The van der Waals surface area contributed by atoms with E-state index in [2.05, 4.69) is 38.5 Å². The minimum absolute atomic E-state index is 0.401. The molecule has 0 bridgehead atoms. The van der Waals surface area contributed by atoms with E-state index in [9.17, 15) is 0 Å². The maximum atomic E-state index is 6.23. The van der Waals surface area contributed by atoms with E-state index >= 15 is 0 Å². The van der Waals surface area contributed by atoms with Crippen molar-refractivity contribution in [2.24, 2.45) is 0 Å². The second-order valence-corrected chi connectivity index (χ2v) is 6.17. The number of aromatic nitrogens is 4. The first-order valence-corrected chi connectivity index (χ1v) is 7.79. The number of pyridine rings is 1. The van der Waals surface area contributed by atoms with E-state index in [1.165, 1.54) is 0 Å². The molecule has 2 aromatic heterocycles. The van der Waals surface area contributed by atoms with Crippen molar-refractivity contribution in [3.05, 3.63) is 35.5 Å².